The Hall–Kier alpha value is -1.26. The number of aliphatic hydroxyl groups excluding tert-OH is 1. The van der Waals surface area contributed by atoms with Gasteiger partial charge in [-0.25, -0.2) is 0 Å². The molecule has 0 saturated heterocycles. The topological polar surface area (TPSA) is 20.2 Å². The fourth-order valence-electron chi connectivity index (χ4n) is 0.920. The molecule has 1 radical (unpaired) electrons. The second-order valence-corrected chi connectivity index (χ2v) is 2.83. The zero-order valence-electron chi connectivity index (χ0n) is 7.59. The van der Waals surface area contributed by atoms with E-state index >= 15 is 0 Å². The number of unbranched alkanes of at least 4 members (excludes halogenated alkanes) is 1. The molecule has 0 amide bonds. The molecule has 1 aromatic rings. The normalized spacial score (nSPS) is 9.08. The Morgan fingerprint density at radius 3 is 2.54 bits per heavy atom. The third-order valence-corrected chi connectivity index (χ3v) is 1.65. The van der Waals surface area contributed by atoms with Gasteiger partial charge in [0.25, 0.3) is 0 Å². The van der Waals surface area contributed by atoms with Crippen LogP contribution in [-0.4, -0.2) is 11.7 Å². The molecule has 0 heterocycles. The van der Waals surface area contributed by atoms with E-state index < -0.39 is 0 Å². The Morgan fingerprint density at radius 2 is 1.92 bits per heavy atom. The zero-order valence-corrected chi connectivity index (χ0v) is 7.59. The maximum absolute atomic E-state index is 8.52. The predicted molar refractivity (Wildman–Crippen MR) is 54.1 cm³/mol. The van der Waals surface area contributed by atoms with Crippen molar-refractivity contribution < 1.29 is 5.11 Å². The van der Waals surface area contributed by atoms with Gasteiger partial charge in [0.1, 0.15) is 0 Å². The van der Waals surface area contributed by atoms with Gasteiger partial charge in [-0.15, -0.1) is 0 Å². The van der Waals surface area contributed by atoms with Crippen LogP contribution in [0.4, 0.5) is 0 Å². The largest absolute Gasteiger partial charge is 0.396 e. The molecule has 13 heavy (non-hydrogen) atoms. The zero-order chi connectivity index (χ0) is 9.52. The number of rotatable bonds is 2. The standard InChI is InChI=1S/C12H13O/c1-11-6-8-12(9-7-11)5-3-2-4-10-13/h6-9,13H,1-2,4,10H2. The number of hydrogen-bond donors (Lipinski definition) is 1. The van der Waals surface area contributed by atoms with E-state index in [0.29, 0.717) is 0 Å². The molecule has 1 N–H and O–H groups in total. The van der Waals surface area contributed by atoms with Crippen LogP contribution in [0.25, 0.3) is 0 Å². The lowest BCUT2D eigenvalue weighted by Crippen LogP contribution is -1.79. The molecule has 0 fully saturated rings. The van der Waals surface area contributed by atoms with E-state index in [1.54, 1.807) is 0 Å². The average Bonchev–Trinajstić information content (AvgIpc) is 2.15. The first-order valence-corrected chi connectivity index (χ1v) is 4.34. The van der Waals surface area contributed by atoms with Crippen LogP contribution >= 0.6 is 0 Å². The quantitative estimate of drug-likeness (QED) is 0.535. The Labute approximate surface area is 79.4 Å². The Kier molecular flexibility index (Phi) is 4.08. The molecule has 0 aliphatic carbocycles. The van der Waals surface area contributed by atoms with Crippen LogP contribution in [0.1, 0.15) is 24.0 Å². The summed E-state index contributed by atoms with van der Waals surface area (Å²) in [4.78, 5) is 0. The lowest BCUT2D eigenvalue weighted by molar-refractivity contribution is 0.290. The van der Waals surface area contributed by atoms with Crippen molar-refractivity contribution in [3.8, 4) is 11.8 Å². The number of hydrogen-bond acceptors (Lipinski definition) is 1. The van der Waals surface area contributed by atoms with Crippen LogP contribution in [0.15, 0.2) is 24.3 Å². The van der Waals surface area contributed by atoms with Crippen molar-refractivity contribution in [1.82, 2.24) is 0 Å². The Balaban J connectivity index is 2.52. The Morgan fingerprint density at radius 1 is 1.23 bits per heavy atom. The maximum Gasteiger partial charge on any atom is 0.0440 e. The van der Waals surface area contributed by atoms with Crippen molar-refractivity contribution >= 4 is 0 Å². The van der Waals surface area contributed by atoms with E-state index in [9.17, 15) is 0 Å². The van der Waals surface area contributed by atoms with E-state index in [0.717, 1.165) is 24.0 Å². The highest BCUT2D eigenvalue weighted by atomic mass is 16.2. The van der Waals surface area contributed by atoms with Gasteiger partial charge < -0.3 is 5.11 Å². The summed E-state index contributed by atoms with van der Waals surface area (Å²) in [5.41, 5.74) is 2.01. The molecule has 1 heteroatoms. The molecule has 0 spiro atoms. The van der Waals surface area contributed by atoms with Gasteiger partial charge in [-0.1, -0.05) is 24.0 Å². The van der Waals surface area contributed by atoms with E-state index in [2.05, 4.69) is 18.8 Å². The first kappa shape index (κ1) is 9.83. The van der Waals surface area contributed by atoms with Crippen molar-refractivity contribution in [2.75, 3.05) is 6.61 Å². The van der Waals surface area contributed by atoms with Crippen LogP contribution in [0.5, 0.6) is 0 Å². The van der Waals surface area contributed by atoms with Crippen molar-refractivity contribution in [3.05, 3.63) is 42.3 Å². The molecule has 0 aliphatic heterocycles. The summed E-state index contributed by atoms with van der Waals surface area (Å²) < 4.78 is 0. The van der Waals surface area contributed by atoms with Crippen LogP contribution in [-0.2, 0) is 0 Å². The van der Waals surface area contributed by atoms with Crippen LogP contribution in [0.2, 0.25) is 0 Å². The summed E-state index contributed by atoms with van der Waals surface area (Å²) in [6.45, 7) is 4.00. The number of benzene rings is 1. The van der Waals surface area contributed by atoms with Gasteiger partial charge in [0.05, 0.1) is 0 Å². The molecule has 0 aromatic heterocycles. The minimum Gasteiger partial charge on any atom is -0.396 e. The van der Waals surface area contributed by atoms with Crippen LogP contribution in [0, 0.1) is 18.8 Å². The predicted octanol–water partition coefficient (Wildman–Crippen LogP) is 1.99. The summed E-state index contributed by atoms with van der Waals surface area (Å²) in [6.07, 6.45) is 1.50. The molecule has 0 saturated carbocycles. The molecule has 0 bridgehead atoms. The molecule has 1 nitrogen and oxygen atoms in total. The van der Waals surface area contributed by atoms with Crippen molar-refractivity contribution in [3.63, 3.8) is 0 Å². The van der Waals surface area contributed by atoms with E-state index in [-0.39, 0.29) is 6.61 Å². The van der Waals surface area contributed by atoms with Gasteiger partial charge in [-0.3, -0.25) is 0 Å². The summed E-state index contributed by atoms with van der Waals surface area (Å²) in [5.74, 6) is 6.01. The molecular formula is C12H13O. The molecular weight excluding hydrogens is 160 g/mol. The van der Waals surface area contributed by atoms with Gasteiger partial charge in [0.2, 0.25) is 0 Å². The summed E-state index contributed by atoms with van der Waals surface area (Å²) in [7, 11) is 0. The van der Waals surface area contributed by atoms with E-state index in [1.807, 2.05) is 24.3 Å². The van der Waals surface area contributed by atoms with Crippen LogP contribution < -0.4 is 0 Å². The van der Waals surface area contributed by atoms with E-state index in [4.69, 9.17) is 5.11 Å². The second-order valence-electron chi connectivity index (χ2n) is 2.83. The summed E-state index contributed by atoms with van der Waals surface area (Å²) in [5, 5.41) is 8.52. The van der Waals surface area contributed by atoms with Gasteiger partial charge in [0, 0.05) is 18.6 Å². The average molecular weight is 173 g/mol. The molecule has 1 aromatic carbocycles. The van der Waals surface area contributed by atoms with Crippen LogP contribution in [0.3, 0.4) is 0 Å². The van der Waals surface area contributed by atoms with Gasteiger partial charge >= 0.3 is 0 Å². The lowest BCUT2D eigenvalue weighted by Gasteiger charge is -1.91. The third-order valence-electron chi connectivity index (χ3n) is 1.65. The van der Waals surface area contributed by atoms with Crippen molar-refractivity contribution in [1.29, 1.82) is 0 Å². The second kappa shape index (κ2) is 5.40. The highest BCUT2D eigenvalue weighted by Gasteiger charge is 1.85. The number of aliphatic hydroxyl groups is 1. The highest BCUT2D eigenvalue weighted by molar-refractivity contribution is 5.36. The highest BCUT2D eigenvalue weighted by Crippen LogP contribution is 2.00. The smallest absolute Gasteiger partial charge is 0.0440 e. The van der Waals surface area contributed by atoms with Gasteiger partial charge in [-0.05, 0) is 31.0 Å². The van der Waals surface area contributed by atoms with Gasteiger partial charge in [0.15, 0.2) is 0 Å². The molecule has 1 rings (SSSR count). The van der Waals surface area contributed by atoms with Crippen molar-refractivity contribution in [2.45, 2.75) is 12.8 Å². The monoisotopic (exact) mass is 173 g/mol. The first-order valence-electron chi connectivity index (χ1n) is 4.34. The Bertz CT molecular complexity index is 300. The third kappa shape index (κ3) is 3.78. The minimum atomic E-state index is 0.215. The summed E-state index contributed by atoms with van der Waals surface area (Å²) >= 11 is 0. The van der Waals surface area contributed by atoms with Crippen molar-refractivity contribution in [2.24, 2.45) is 0 Å². The first-order chi connectivity index (χ1) is 6.33. The molecule has 0 aliphatic rings. The molecule has 67 valence electrons. The maximum atomic E-state index is 8.52. The van der Waals surface area contributed by atoms with Gasteiger partial charge in [-0.2, -0.15) is 0 Å². The molecule has 0 unspecified atom stereocenters. The van der Waals surface area contributed by atoms with E-state index in [1.165, 1.54) is 0 Å². The lowest BCUT2D eigenvalue weighted by atomic mass is 10.1. The fraction of sp³-hybridized carbons (Fsp3) is 0.250. The fourth-order valence-corrected chi connectivity index (χ4v) is 0.920. The summed E-state index contributed by atoms with van der Waals surface area (Å²) in [6, 6.07) is 7.79. The SMILES string of the molecule is [CH2]c1ccc(C#CCCCO)cc1. The molecule has 0 atom stereocenters. The minimum absolute atomic E-state index is 0.215.